The standard InChI is InChI=1S/C16H23N3O3S2.ClH/c20-16(18-9-7-12-5-6-13(11-18)17-12)14-3-1-8-19(14)24(21,22)15-4-2-10-23-15;/h2,4,10,12-14,17H,1,3,5-9,11H2;1H. The summed E-state index contributed by atoms with van der Waals surface area (Å²) < 4.78 is 27.4. The highest BCUT2D eigenvalue weighted by Gasteiger charge is 2.42. The molecule has 25 heavy (non-hydrogen) atoms. The van der Waals surface area contributed by atoms with E-state index in [-0.39, 0.29) is 18.3 Å². The quantitative estimate of drug-likeness (QED) is 0.830. The van der Waals surface area contributed by atoms with Crippen LogP contribution in [-0.4, -0.2) is 61.3 Å². The Morgan fingerprint density at radius 1 is 1.16 bits per heavy atom. The first-order valence-corrected chi connectivity index (χ1v) is 11.0. The van der Waals surface area contributed by atoms with E-state index in [9.17, 15) is 13.2 Å². The number of sulfonamides is 1. The summed E-state index contributed by atoms with van der Waals surface area (Å²) in [5, 5.41) is 5.33. The van der Waals surface area contributed by atoms with Crippen molar-refractivity contribution < 1.29 is 13.2 Å². The molecule has 0 radical (unpaired) electrons. The first kappa shape index (κ1) is 19.1. The van der Waals surface area contributed by atoms with Gasteiger partial charge in [0.25, 0.3) is 10.0 Å². The van der Waals surface area contributed by atoms with E-state index >= 15 is 0 Å². The molecule has 4 rings (SSSR count). The Hall–Kier alpha value is -0.670. The van der Waals surface area contributed by atoms with Crippen LogP contribution in [0.15, 0.2) is 21.7 Å². The summed E-state index contributed by atoms with van der Waals surface area (Å²) in [4.78, 5) is 14.9. The smallest absolute Gasteiger partial charge is 0.253 e. The maximum Gasteiger partial charge on any atom is 0.253 e. The molecule has 3 atom stereocenters. The average molecular weight is 406 g/mol. The second-order valence-corrected chi connectivity index (χ2v) is 9.98. The summed E-state index contributed by atoms with van der Waals surface area (Å²) in [6.45, 7) is 1.88. The highest BCUT2D eigenvalue weighted by atomic mass is 35.5. The lowest BCUT2D eigenvalue weighted by atomic mass is 10.1. The minimum absolute atomic E-state index is 0. The van der Waals surface area contributed by atoms with Gasteiger partial charge in [-0.15, -0.1) is 23.7 Å². The number of hydrogen-bond acceptors (Lipinski definition) is 5. The lowest BCUT2D eigenvalue weighted by molar-refractivity contribution is -0.134. The van der Waals surface area contributed by atoms with Crippen LogP contribution in [0.1, 0.15) is 32.1 Å². The number of nitrogens with one attached hydrogen (secondary N) is 1. The van der Waals surface area contributed by atoms with Crippen LogP contribution >= 0.6 is 23.7 Å². The number of carbonyl (C=O) groups is 1. The molecular weight excluding hydrogens is 382 g/mol. The van der Waals surface area contributed by atoms with Crippen molar-refractivity contribution >= 4 is 39.7 Å². The van der Waals surface area contributed by atoms with Gasteiger partial charge in [-0.05, 0) is 43.6 Å². The number of carbonyl (C=O) groups excluding carboxylic acids is 1. The lowest BCUT2D eigenvalue weighted by Gasteiger charge is -2.30. The minimum Gasteiger partial charge on any atom is -0.340 e. The summed E-state index contributed by atoms with van der Waals surface area (Å²) in [5.74, 6) is -0.0121. The van der Waals surface area contributed by atoms with Crippen LogP contribution in [0, 0.1) is 0 Å². The van der Waals surface area contributed by atoms with E-state index in [1.165, 1.54) is 22.1 Å². The van der Waals surface area contributed by atoms with Gasteiger partial charge in [0.05, 0.1) is 0 Å². The Morgan fingerprint density at radius 2 is 1.96 bits per heavy atom. The largest absolute Gasteiger partial charge is 0.340 e. The Bertz CT molecular complexity index is 710. The van der Waals surface area contributed by atoms with Gasteiger partial charge in [0.15, 0.2) is 0 Å². The molecule has 0 aromatic carbocycles. The van der Waals surface area contributed by atoms with Crippen LogP contribution in [0.2, 0.25) is 0 Å². The van der Waals surface area contributed by atoms with Crippen molar-refractivity contribution in [2.24, 2.45) is 0 Å². The molecule has 4 heterocycles. The van der Waals surface area contributed by atoms with E-state index in [1.54, 1.807) is 17.5 Å². The van der Waals surface area contributed by atoms with Crippen molar-refractivity contribution in [1.82, 2.24) is 14.5 Å². The Balaban J connectivity index is 0.00000182. The van der Waals surface area contributed by atoms with Gasteiger partial charge < -0.3 is 10.2 Å². The molecular formula is C16H24ClN3O3S2. The molecule has 1 aromatic heterocycles. The number of fused-ring (bicyclic) bond motifs is 2. The first-order chi connectivity index (χ1) is 11.6. The summed E-state index contributed by atoms with van der Waals surface area (Å²) >= 11 is 1.21. The zero-order chi connectivity index (χ0) is 16.7. The van der Waals surface area contributed by atoms with E-state index in [0.717, 1.165) is 25.8 Å². The van der Waals surface area contributed by atoms with Gasteiger partial charge in [-0.3, -0.25) is 4.79 Å². The third-order valence-electron chi connectivity index (χ3n) is 5.38. The molecule has 140 valence electrons. The van der Waals surface area contributed by atoms with Gasteiger partial charge in [0.1, 0.15) is 10.3 Å². The molecule has 3 saturated heterocycles. The molecule has 3 aliphatic heterocycles. The van der Waals surface area contributed by atoms with E-state index in [1.807, 2.05) is 4.90 Å². The lowest BCUT2D eigenvalue weighted by Crippen LogP contribution is -2.49. The molecule has 3 aliphatic rings. The number of likely N-dealkylation sites (tertiary alicyclic amines) is 1. The van der Waals surface area contributed by atoms with Crippen LogP contribution < -0.4 is 5.32 Å². The van der Waals surface area contributed by atoms with Crippen LogP contribution in [-0.2, 0) is 14.8 Å². The van der Waals surface area contributed by atoms with Crippen molar-refractivity contribution in [2.45, 2.75) is 54.4 Å². The summed E-state index contributed by atoms with van der Waals surface area (Å²) in [6, 6.07) is 3.71. The third kappa shape index (κ3) is 3.60. The van der Waals surface area contributed by atoms with Crippen LogP contribution in [0.5, 0.6) is 0 Å². The van der Waals surface area contributed by atoms with E-state index in [2.05, 4.69) is 5.32 Å². The molecule has 3 unspecified atom stereocenters. The molecule has 0 spiro atoms. The number of thiophene rings is 1. The average Bonchev–Trinajstić information content (AvgIpc) is 3.27. The van der Waals surface area contributed by atoms with Crippen molar-refractivity contribution in [3.05, 3.63) is 17.5 Å². The van der Waals surface area contributed by atoms with Gasteiger partial charge in [0, 0.05) is 31.7 Å². The number of nitrogens with zero attached hydrogens (tertiary/aromatic N) is 2. The van der Waals surface area contributed by atoms with E-state index < -0.39 is 16.1 Å². The predicted octanol–water partition coefficient (Wildman–Crippen LogP) is 1.68. The van der Waals surface area contributed by atoms with E-state index in [0.29, 0.717) is 35.8 Å². The maximum absolute atomic E-state index is 13.1. The van der Waals surface area contributed by atoms with Crippen LogP contribution in [0.4, 0.5) is 0 Å². The van der Waals surface area contributed by atoms with Crippen LogP contribution in [0.25, 0.3) is 0 Å². The number of hydrogen-bond donors (Lipinski definition) is 1. The fourth-order valence-electron chi connectivity index (χ4n) is 4.15. The SMILES string of the molecule is Cl.O=C(C1CCCN1S(=O)(=O)c1cccs1)N1CCC2CCC(C1)N2. The second-order valence-electron chi connectivity index (χ2n) is 6.92. The highest BCUT2D eigenvalue weighted by Crippen LogP contribution is 2.30. The Kier molecular flexibility index (Phi) is 5.75. The number of halogens is 1. The molecule has 2 bridgehead atoms. The van der Waals surface area contributed by atoms with Crippen molar-refractivity contribution in [2.75, 3.05) is 19.6 Å². The molecule has 0 aliphatic carbocycles. The third-order valence-corrected chi connectivity index (χ3v) is 8.66. The molecule has 3 fully saturated rings. The van der Waals surface area contributed by atoms with Gasteiger partial charge in [-0.1, -0.05) is 6.07 Å². The van der Waals surface area contributed by atoms with Crippen LogP contribution in [0.3, 0.4) is 0 Å². The topological polar surface area (TPSA) is 69.7 Å². The Labute approximate surface area is 159 Å². The normalized spacial score (nSPS) is 30.1. The highest BCUT2D eigenvalue weighted by molar-refractivity contribution is 7.91. The van der Waals surface area contributed by atoms with Crippen molar-refractivity contribution in [3.63, 3.8) is 0 Å². The van der Waals surface area contributed by atoms with Crippen molar-refractivity contribution in [3.8, 4) is 0 Å². The first-order valence-electron chi connectivity index (χ1n) is 8.66. The monoisotopic (exact) mass is 405 g/mol. The number of rotatable bonds is 3. The fourth-order valence-corrected chi connectivity index (χ4v) is 6.92. The van der Waals surface area contributed by atoms with Crippen molar-refractivity contribution in [1.29, 1.82) is 0 Å². The van der Waals surface area contributed by atoms with Gasteiger partial charge in [-0.2, -0.15) is 4.31 Å². The summed E-state index contributed by atoms with van der Waals surface area (Å²) in [7, 11) is -3.56. The Morgan fingerprint density at radius 3 is 2.72 bits per heavy atom. The summed E-state index contributed by atoms with van der Waals surface area (Å²) in [5.41, 5.74) is 0. The minimum atomic E-state index is -3.56. The number of amides is 1. The molecule has 0 saturated carbocycles. The van der Waals surface area contributed by atoms with Gasteiger partial charge in [0.2, 0.25) is 5.91 Å². The van der Waals surface area contributed by atoms with E-state index in [4.69, 9.17) is 0 Å². The molecule has 6 nitrogen and oxygen atoms in total. The molecule has 1 N–H and O–H groups in total. The van der Waals surface area contributed by atoms with Gasteiger partial charge in [-0.25, -0.2) is 8.42 Å². The van der Waals surface area contributed by atoms with Gasteiger partial charge >= 0.3 is 0 Å². The zero-order valence-electron chi connectivity index (χ0n) is 14.0. The predicted molar refractivity (Wildman–Crippen MR) is 99.6 cm³/mol. The molecule has 1 aromatic rings. The zero-order valence-corrected chi connectivity index (χ0v) is 16.4. The molecule has 1 amide bonds. The molecule has 9 heteroatoms. The maximum atomic E-state index is 13.1. The second kappa shape index (κ2) is 7.52. The summed E-state index contributed by atoms with van der Waals surface area (Å²) in [6.07, 6.45) is 4.64. The fraction of sp³-hybridized carbons (Fsp3) is 0.688.